The summed E-state index contributed by atoms with van der Waals surface area (Å²) in [4.78, 5) is 14.8. The maximum Gasteiger partial charge on any atom is 0.270 e. The Balaban J connectivity index is 2.44. The molecule has 0 aliphatic heterocycles. The zero-order valence-corrected chi connectivity index (χ0v) is 9.66. The number of hydrogen-bond acceptors (Lipinski definition) is 2. The van der Waals surface area contributed by atoms with E-state index in [1.807, 2.05) is 18.2 Å². The molecular weight excluding hydrogens is 245 g/mol. The normalized spacial score (nSPS) is 10.1. The van der Waals surface area contributed by atoms with Crippen LogP contribution in [0.1, 0.15) is 10.5 Å². The van der Waals surface area contributed by atoms with Gasteiger partial charge in [-0.1, -0.05) is 23.7 Å². The second kappa shape index (κ2) is 4.64. The molecule has 0 N–H and O–H groups in total. The second-order valence-electron chi connectivity index (χ2n) is 3.21. The topological polar surface area (TPSA) is 30.0 Å². The first kappa shape index (κ1) is 11.1. The fourth-order valence-electron chi connectivity index (χ4n) is 1.36. The highest BCUT2D eigenvalue weighted by Gasteiger charge is 2.05. The van der Waals surface area contributed by atoms with E-state index in [4.69, 9.17) is 23.2 Å². The highest BCUT2D eigenvalue weighted by Crippen LogP contribution is 2.21. The zero-order chi connectivity index (χ0) is 11.5. The van der Waals surface area contributed by atoms with Crippen molar-refractivity contribution in [1.29, 1.82) is 0 Å². The van der Waals surface area contributed by atoms with E-state index in [-0.39, 0.29) is 5.69 Å². The fourth-order valence-corrected chi connectivity index (χ4v) is 1.59. The number of benzene rings is 1. The van der Waals surface area contributed by atoms with E-state index in [9.17, 15) is 4.79 Å². The standard InChI is InChI=1S/C12H7Cl2NO/c13-10-3-1-8(2-4-10)9-5-6-15-11(7-9)12(14)16/h1-7H. The van der Waals surface area contributed by atoms with Gasteiger partial charge in [-0.05, 0) is 47.0 Å². The lowest BCUT2D eigenvalue weighted by atomic mass is 10.1. The molecule has 0 aliphatic carbocycles. The Hall–Kier alpha value is -1.38. The Morgan fingerprint density at radius 3 is 2.38 bits per heavy atom. The van der Waals surface area contributed by atoms with Gasteiger partial charge in [-0.3, -0.25) is 9.78 Å². The Morgan fingerprint density at radius 1 is 1.06 bits per heavy atom. The summed E-state index contributed by atoms with van der Waals surface area (Å²) in [6, 6.07) is 10.8. The number of carbonyl (C=O) groups excluding carboxylic acids is 1. The average molecular weight is 252 g/mol. The molecule has 0 atom stereocenters. The van der Waals surface area contributed by atoms with E-state index in [1.54, 1.807) is 24.4 Å². The van der Waals surface area contributed by atoms with Gasteiger partial charge in [0.05, 0.1) is 0 Å². The summed E-state index contributed by atoms with van der Waals surface area (Å²) in [7, 11) is 0. The third-order valence-electron chi connectivity index (χ3n) is 2.14. The molecule has 1 aromatic carbocycles. The Bertz CT molecular complexity index is 523. The molecule has 0 radical (unpaired) electrons. The molecule has 0 saturated heterocycles. The van der Waals surface area contributed by atoms with E-state index >= 15 is 0 Å². The zero-order valence-electron chi connectivity index (χ0n) is 8.15. The summed E-state index contributed by atoms with van der Waals surface area (Å²) in [6.45, 7) is 0. The molecular formula is C12H7Cl2NO. The Kier molecular flexibility index (Phi) is 3.22. The van der Waals surface area contributed by atoms with Gasteiger partial charge in [-0.25, -0.2) is 0 Å². The number of aromatic nitrogens is 1. The molecule has 0 amide bonds. The number of hydrogen-bond donors (Lipinski definition) is 0. The minimum Gasteiger partial charge on any atom is -0.274 e. The van der Waals surface area contributed by atoms with Crippen LogP contribution in [0.5, 0.6) is 0 Å². The number of rotatable bonds is 2. The first-order valence-corrected chi connectivity index (χ1v) is 5.34. The van der Waals surface area contributed by atoms with Gasteiger partial charge in [-0.15, -0.1) is 0 Å². The van der Waals surface area contributed by atoms with E-state index in [0.29, 0.717) is 5.02 Å². The fraction of sp³-hybridized carbons (Fsp3) is 0. The van der Waals surface area contributed by atoms with Crippen LogP contribution in [0.25, 0.3) is 11.1 Å². The Labute approximate surface area is 103 Å². The van der Waals surface area contributed by atoms with Crippen molar-refractivity contribution in [3.63, 3.8) is 0 Å². The van der Waals surface area contributed by atoms with Crippen molar-refractivity contribution >= 4 is 28.4 Å². The van der Waals surface area contributed by atoms with E-state index < -0.39 is 5.24 Å². The van der Waals surface area contributed by atoms with Crippen molar-refractivity contribution in [3.05, 3.63) is 53.3 Å². The van der Waals surface area contributed by atoms with Gasteiger partial charge in [0.1, 0.15) is 5.69 Å². The van der Waals surface area contributed by atoms with Gasteiger partial charge >= 0.3 is 0 Å². The van der Waals surface area contributed by atoms with Crippen molar-refractivity contribution in [1.82, 2.24) is 4.98 Å². The lowest BCUT2D eigenvalue weighted by molar-refractivity contribution is 0.107. The van der Waals surface area contributed by atoms with E-state index in [2.05, 4.69) is 4.98 Å². The van der Waals surface area contributed by atoms with Gasteiger partial charge in [0.2, 0.25) is 0 Å². The van der Waals surface area contributed by atoms with E-state index in [1.165, 1.54) is 0 Å². The molecule has 0 spiro atoms. The predicted molar refractivity (Wildman–Crippen MR) is 64.9 cm³/mol. The minimum absolute atomic E-state index is 0.245. The Morgan fingerprint density at radius 2 is 1.75 bits per heavy atom. The lowest BCUT2D eigenvalue weighted by Gasteiger charge is -2.02. The number of pyridine rings is 1. The smallest absolute Gasteiger partial charge is 0.270 e. The molecule has 2 rings (SSSR count). The molecule has 0 bridgehead atoms. The van der Waals surface area contributed by atoms with Crippen LogP contribution in [0.3, 0.4) is 0 Å². The summed E-state index contributed by atoms with van der Waals surface area (Å²) in [6.07, 6.45) is 1.56. The van der Waals surface area contributed by atoms with Crippen LogP contribution in [0.4, 0.5) is 0 Å². The number of nitrogens with zero attached hydrogens (tertiary/aromatic N) is 1. The van der Waals surface area contributed by atoms with Crippen LogP contribution < -0.4 is 0 Å². The monoisotopic (exact) mass is 251 g/mol. The first-order chi connectivity index (χ1) is 7.66. The molecule has 0 aliphatic rings. The third kappa shape index (κ3) is 2.40. The van der Waals surface area contributed by atoms with Crippen molar-refractivity contribution in [2.24, 2.45) is 0 Å². The average Bonchev–Trinajstić information content (AvgIpc) is 2.30. The summed E-state index contributed by atoms with van der Waals surface area (Å²) < 4.78 is 0. The quantitative estimate of drug-likeness (QED) is 0.761. The molecule has 0 saturated carbocycles. The molecule has 0 fully saturated rings. The van der Waals surface area contributed by atoms with Gasteiger partial charge in [0.15, 0.2) is 0 Å². The highest BCUT2D eigenvalue weighted by molar-refractivity contribution is 6.67. The first-order valence-electron chi connectivity index (χ1n) is 4.58. The minimum atomic E-state index is -0.559. The molecule has 1 aromatic heterocycles. The molecule has 2 aromatic rings. The van der Waals surface area contributed by atoms with Crippen molar-refractivity contribution in [2.45, 2.75) is 0 Å². The van der Waals surface area contributed by atoms with Crippen LogP contribution in [0.2, 0.25) is 5.02 Å². The molecule has 1 heterocycles. The van der Waals surface area contributed by atoms with Crippen molar-refractivity contribution in [3.8, 4) is 11.1 Å². The lowest BCUT2D eigenvalue weighted by Crippen LogP contribution is -1.93. The van der Waals surface area contributed by atoms with Gasteiger partial charge in [0, 0.05) is 11.2 Å². The van der Waals surface area contributed by atoms with Crippen molar-refractivity contribution < 1.29 is 4.79 Å². The second-order valence-corrected chi connectivity index (χ2v) is 3.99. The molecule has 4 heteroatoms. The molecule has 80 valence electrons. The summed E-state index contributed by atoms with van der Waals surface area (Å²) in [5.41, 5.74) is 2.09. The third-order valence-corrected chi connectivity index (χ3v) is 2.58. The van der Waals surface area contributed by atoms with Crippen LogP contribution in [-0.4, -0.2) is 10.2 Å². The van der Waals surface area contributed by atoms with Crippen LogP contribution in [0.15, 0.2) is 42.6 Å². The van der Waals surface area contributed by atoms with E-state index in [0.717, 1.165) is 11.1 Å². The SMILES string of the molecule is O=C(Cl)c1cc(-c2ccc(Cl)cc2)ccn1. The maximum absolute atomic E-state index is 11.0. The van der Waals surface area contributed by atoms with Crippen LogP contribution in [-0.2, 0) is 0 Å². The van der Waals surface area contributed by atoms with Gasteiger partial charge in [-0.2, -0.15) is 0 Å². The number of halogens is 2. The summed E-state index contributed by atoms with van der Waals surface area (Å²) in [5, 5.41) is 0.113. The van der Waals surface area contributed by atoms with Crippen LogP contribution in [0, 0.1) is 0 Å². The van der Waals surface area contributed by atoms with Gasteiger partial charge < -0.3 is 0 Å². The largest absolute Gasteiger partial charge is 0.274 e. The summed E-state index contributed by atoms with van der Waals surface area (Å²) in [5.74, 6) is 0. The molecule has 2 nitrogen and oxygen atoms in total. The van der Waals surface area contributed by atoms with Gasteiger partial charge in [0.25, 0.3) is 5.24 Å². The molecule has 0 unspecified atom stereocenters. The highest BCUT2D eigenvalue weighted by atomic mass is 35.5. The van der Waals surface area contributed by atoms with Crippen molar-refractivity contribution in [2.75, 3.05) is 0 Å². The summed E-state index contributed by atoms with van der Waals surface area (Å²) >= 11 is 11.2. The number of carbonyl (C=O) groups is 1. The molecule has 16 heavy (non-hydrogen) atoms. The predicted octanol–water partition coefficient (Wildman–Crippen LogP) is 3.78. The maximum atomic E-state index is 11.0. The van der Waals surface area contributed by atoms with Crippen LogP contribution >= 0.6 is 23.2 Å².